The molecular weight excluding hydrogens is 240 g/mol. The molecule has 3 aliphatic rings. The highest BCUT2D eigenvalue weighted by molar-refractivity contribution is 4.99. The molecule has 104 valence electrons. The fraction of sp³-hybridized carbons (Fsp3) is 1.00. The van der Waals surface area contributed by atoms with E-state index >= 15 is 0 Å². The Labute approximate surface area is 106 Å². The second-order valence-corrected chi connectivity index (χ2v) is 5.92. The summed E-state index contributed by atoms with van der Waals surface area (Å²) in [7, 11) is 0. The van der Waals surface area contributed by atoms with Gasteiger partial charge in [0.15, 0.2) is 17.9 Å². The van der Waals surface area contributed by atoms with Crippen molar-refractivity contribution >= 4 is 0 Å². The monoisotopic (exact) mass is 260 g/mol. The van der Waals surface area contributed by atoms with Crippen molar-refractivity contribution < 1.29 is 28.8 Å². The Balaban J connectivity index is 1.75. The van der Waals surface area contributed by atoms with Gasteiger partial charge < -0.3 is 28.8 Å². The summed E-state index contributed by atoms with van der Waals surface area (Å²) >= 11 is 0. The maximum Gasteiger partial charge on any atom is 0.184 e. The van der Waals surface area contributed by atoms with Crippen LogP contribution in [0.15, 0.2) is 0 Å². The van der Waals surface area contributed by atoms with Crippen LogP contribution in [0.1, 0.15) is 27.7 Å². The summed E-state index contributed by atoms with van der Waals surface area (Å²) in [4.78, 5) is 0. The molecule has 5 atom stereocenters. The molecule has 3 rings (SSSR count). The minimum atomic E-state index is -0.978. The fourth-order valence-corrected chi connectivity index (χ4v) is 2.78. The largest absolute Gasteiger partial charge is 0.366 e. The van der Waals surface area contributed by atoms with Crippen LogP contribution in [0.3, 0.4) is 0 Å². The number of ether oxygens (including phenoxy) is 5. The van der Waals surface area contributed by atoms with Gasteiger partial charge in [-0.05, 0) is 27.7 Å². The number of rotatable bonds is 1. The molecule has 0 amide bonds. The van der Waals surface area contributed by atoms with Crippen LogP contribution < -0.4 is 0 Å². The third-order valence-corrected chi connectivity index (χ3v) is 3.46. The lowest BCUT2D eigenvalue weighted by atomic mass is 10.1. The van der Waals surface area contributed by atoms with Crippen molar-refractivity contribution in [3.8, 4) is 0 Å². The van der Waals surface area contributed by atoms with Gasteiger partial charge in [-0.1, -0.05) is 0 Å². The number of aliphatic hydroxyl groups excluding tert-OH is 1. The van der Waals surface area contributed by atoms with Gasteiger partial charge in [-0.2, -0.15) is 0 Å². The first-order chi connectivity index (χ1) is 8.27. The summed E-state index contributed by atoms with van der Waals surface area (Å²) in [5, 5.41) is 9.87. The number of aliphatic hydroxyl groups is 1. The van der Waals surface area contributed by atoms with Crippen LogP contribution in [-0.2, 0) is 23.7 Å². The number of hydrogen-bond acceptors (Lipinski definition) is 6. The molecular formula is C12H20O6. The lowest BCUT2D eigenvalue weighted by Gasteiger charge is -2.26. The summed E-state index contributed by atoms with van der Waals surface area (Å²) in [6.45, 7) is 7.78. The second-order valence-electron chi connectivity index (χ2n) is 5.92. The first kappa shape index (κ1) is 12.8. The van der Waals surface area contributed by atoms with Crippen molar-refractivity contribution in [1.82, 2.24) is 0 Å². The Morgan fingerprint density at radius 3 is 2.17 bits per heavy atom. The van der Waals surface area contributed by atoms with Crippen molar-refractivity contribution in [2.75, 3.05) is 6.61 Å². The maximum absolute atomic E-state index is 9.87. The highest BCUT2D eigenvalue weighted by atomic mass is 16.8. The van der Waals surface area contributed by atoms with Gasteiger partial charge in [-0.15, -0.1) is 0 Å². The molecule has 18 heavy (non-hydrogen) atoms. The van der Waals surface area contributed by atoms with Crippen molar-refractivity contribution in [3.05, 3.63) is 0 Å². The zero-order valence-electron chi connectivity index (χ0n) is 11.1. The predicted octanol–water partition coefficient (Wildman–Crippen LogP) is 0.375. The zero-order valence-corrected chi connectivity index (χ0v) is 11.1. The van der Waals surface area contributed by atoms with E-state index in [0.717, 1.165) is 0 Å². The Morgan fingerprint density at radius 2 is 1.56 bits per heavy atom. The van der Waals surface area contributed by atoms with E-state index in [0.29, 0.717) is 6.61 Å². The van der Waals surface area contributed by atoms with E-state index in [2.05, 4.69) is 0 Å². The topological polar surface area (TPSA) is 66.4 Å². The van der Waals surface area contributed by atoms with E-state index in [1.807, 2.05) is 27.7 Å². The van der Waals surface area contributed by atoms with Crippen molar-refractivity contribution in [3.63, 3.8) is 0 Å². The van der Waals surface area contributed by atoms with Gasteiger partial charge in [-0.25, -0.2) is 0 Å². The van der Waals surface area contributed by atoms with Crippen LogP contribution in [0.25, 0.3) is 0 Å². The second kappa shape index (κ2) is 3.88. The van der Waals surface area contributed by atoms with Gasteiger partial charge in [0.2, 0.25) is 0 Å². The highest BCUT2D eigenvalue weighted by Gasteiger charge is 2.58. The van der Waals surface area contributed by atoms with Gasteiger partial charge in [-0.3, -0.25) is 0 Å². The summed E-state index contributed by atoms with van der Waals surface area (Å²) in [6, 6.07) is 0. The normalized spacial score (nSPS) is 49.5. The van der Waals surface area contributed by atoms with E-state index in [1.165, 1.54) is 0 Å². The van der Waals surface area contributed by atoms with Gasteiger partial charge in [0.05, 0.1) is 6.61 Å². The minimum absolute atomic E-state index is 0.248. The maximum atomic E-state index is 9.87. The third kappa shape index (κ3) is 2.07. The van der Waals surface area contributed by atoms with Crippen LogP contribution in [0.4, 0.5) is 0 Å². The number of hydrogen-bond donors (Lipinski definition) is 1. The summed E-state index contributed by atoms with van der Waals surface area (Å²) in [5.41, 5.74) is 0. The molecule has 0 aromatic rings. The first-order valence-corrected chi connectivity index (χ1v) is 6.28. The molecule has 1 N–H and O–H groups in total. The highest BCUT2D eigenvalue weighted by Crippen LogP contribution is 2.41. The first-order valence-electron chi connectivity index (χ1n) is 6.28. The van der Waals surface area contributed by atoms with Crippen molar-refractivity contribution in [2.24, 2.45) is 0 Å². The molecule has 0 aliphatic carbocycles. The Morgan fingerprint density at radius 1 is 0.889 bits per heavy atom. The lowest BCUT2D eigenvalue weighted by Crippen LogP contribution is -2.40. The smallest absolute Gasteiger partial charge is 0.184 e. The summed E-state index contributed by atoms with van der Waals surface area (Å²) in [5.74, 6) is -1.32. The standard InChI is InChI=1S/C12H20O6/c1-11(2)14-5-6(16-11)7-8-9(10(13)15-7)18-12(3,4)17-8/h6-10,13H,5H2,1-4H3/t6-,7+,8?,9?,10-/m1/s1. The molecule has 6 heteroatoms. The third-order valence-electron chi connectivity index (χ3n) is 3.46. The average Bonchev–Trinajstić information content (AvgIpc) is 2.81. The predicted molar refractivity (Wildman–Crippen MR) is 59.6 cm³/mol. The molecule has 3 aliphatic heterocycles. The molecule has 0 bridgehead atoms. The molecule has 3 fully saturated rings. The molecule has 3 heterocycles. The van der Waals surface area contributed by atoms with Crippen LogP contribution in [-0.4, -0.2) is 54.0 Å². The molecule has 0 aromatic heterocycles. The van der Waals surface area contributed by atoms with E-state index in [1.54, 1.807) is 0 Å². The molecule has 6 nitrogen and oxygen atoms in total. The molecule has 0 aromatic carbocycles. The Hall–Kier alpha value is -0.240. The van der Waals surface area contributed by atoms with E-state index in [9.17, 15) is 5.11 Å². The Kier molecular flexibility index (Phi) is 2.75. The van der Waals surface area contributed by atoms with E-state index < -0.39 is 24.0 Å². The zero-order chi connectivity index (χ0) is 13.1. The van der Waals surface area contributed by atoms with Gasteiger partial charge in [0.25, 0.3) is 0 Å². The van der Waals surface area contributed by atoms with Crippen LogP contribution >= 0.6 is 0 Å². The fourth-order valence-electron chi connectivity index (χ4n) is 2.78. The molecule has 2 unspecified atom stereocenters. The minimum Gasteiger partial charge on any atom is -0.366 e. The van der Waals surface area contributed by atoms with E-state index in [4.69, 9.17) is 23.7 Å². The SMILES string of the molecule is CC1(C)OC2C(O1)[C@H]([C@H]1COC(C)(C)O1)O[C@H]2O. The Bertz CT molecular complexity index is 341. The van der Waals surface area contributed by atoms with Crippen LogP contribution in [0.2, 0.25) is 0 Å². The van der Waals surface area contributed by atoms with Crippen molar-refractivity contribution in [1.29, 1.82) is 0 Å². The van der Waals surface area contributed by atoms with E-state index in [-0.39, 0.29) is 18.3 Å². The quantitative estimate of drug-likeness (QED) is 0.735. The molecule has 0 spiro atoms. The lowest BCUT2D eigenvalue weighted by molar-refractivity contribution is -0.236. The molecule has 3 saturated heterocycles. The number of fused-ring (bicyclic) bond motifs is 1. The summed E-state index contributed by atoms with van der Waals surface area (Å²) < 4.78 is 28.2. The van der Waals surface area contributed by atoms with Gasteiger partial charge in [0, 0.05) is 0 Å². The summed E-state index contributed by atoms with van der Waals surface area (Å²) in [6.07, 6.45) is -2.38. The van der Waals surface area contributed by atoms with Crippen LogP contribution in [0, 0.1) is 0 Å². The van der Waals surface area contributed by atoms with Crippen molar-refractivity contribution in [2.45, 2.75) is 70.0 Å². The molecule has 0 saturated carbocycles. The van der Waals surface area contributed by atoms with Gasteiger partial charge in [0.1, 0.15) is 24.4 Å². The molecule has 0 radical (unpaired) electrons. The van der Waals surface area contributed by atoms with Gasteiger partial charge >= 0.3 is 0 Å². The van der Waals surface area contributed by atoms with Crippen LogP contribution in [0.5, 0.6) is 0 Å². The average molecular weight is 260 g/mol.